The summed E-state index contributed by atoms with van der Waals surface area (Å²) in [6, 6.07) is 6.38. The van der Waals surface area contributed by atoms with Crippen molar-refractivity contribution in [3.8, 4) is 0 Å². The standard InChI is InChI=1S/C13H11BrO/c1-8-5-6-9-12(7-8)15-11-4-2-3-10(14)13(9)11/h4-7H,2-3H2,1H3. The third-order valence-corrected chi connectivity index (χ3v) is 3.63. The SMILES string of the molecule is Cc1ccc2c3c(oc2c1)=CCCC=3Br. The van der Waals surface area contributed by atoms with Crippen LogP contribution in [0.25, 0.3) is 21.5 Å². The van der Waals surface area contributed by atoms with Gasteiger partial charge in [0.1, 0.15) is 11.0 Å². The van der Waals surface area contributed by atoms with Gasteiger partial charge in [0.2, 0.25) is 0 Å². The molecule has 3 rings (SSSR count). The van der Waals surface area contributed by atoms with Crippen molar-refractivity contribution in [1.82, 2.24) is 0 Å². The molecule has 2 aromatic rings. The van der Waals surface area contributed by atoms with Crippen molar-refractivity contribution in [3.05, 3.63) is 34.4 Å². The molecule has 1 nitrogen and oxygen atoms in total. The number of benzene rings is 1. The Morgan fingerprint density at radius 3 is 3.07 bits per heavy atom. The molecule has 0 amide bonds. The van der Waals surface area contributed by atoms with Crippen LogP contribution in [0.15, 0.2) is 22.6 Å². The van der Waals surface area contributed by atoms with Gasteiger partial charge in [-0.25, -0.2) is 0 Å². The van der Waals surface area contributed by atoms with E-state index in [1.807, 2.05) is 0 Å². The van der Waals surface area contributed by atoms with Crippen molar-refractivity contribution < 1.29 is 4.42 Å². The third kappa shape index (κ3) is 1.36. The molecule has 0 N–H and O–H groups in total. The van der Waals surface area contributed by atoms with Gasteiger partial charge in [-0.2, -0.15) is 0 Å². The molecule has 0 bridgehead atoms. The van der Waals surface area contributed by atoms with Gasteiger partial charge >= 0.3 is 0 Å². The monoisotopic (exact) mass is 262 g/mol. The molecule has 1 aliphatic carbocycles. The van der Waals surface area contributed by atoms with E-state index in [1.54, 1.807) is 0 Å². The normalized spacial score (nSPS) is 15.2. The van der Waals surface area contributed by atoms with Gasteiger partial charge in [0.25, 0.3) is 0 Å². The molecule has 0 saturated heterocycles. The summed E-state index contributed by atoms with van der Waals surface area (Å²) in [5.74, 6) is 0. The first-order valence-electron chi connectivity index (χ1n) is 5.14. The first-order chi connectivity index (χ1) is 7.25. The van der Waals surface area contributed by atoms with Crippen LogP contribution in [0.2, 0.25) is 0 Å². The van der Waals surface area contributed by atoms with E-state index in [4.69, 9.17) is 4.42 Å². The topological polar surface area (TPSA) is 13.1 Å². The van der Waals surface area contributed by atoms with Crippen molar-refractivity contribution in [2.75, 3.05) is 0 Å². The predicted molar refractivity (Wildman–Crippen MR) is 66.2 cm³/mol. The summed E-state index contributed by atoms with van der Waals surface area (Å²) in [4.78, 5) is 0. The minimum absolute atomic E-state index is 0.995. The Bertz CT molecular complexity index is 649. The Kier molecular flexibility index (Phi) is 1.99. The summed E-state index contributed by atoms with van der Waals surface area (Å²) >= 11 is 3.64. The minimum Gasteiger partial charge on any atom is -0.456 e. The molecule has 0 saturated carbocycles. The Hall–Kier alpha value is -1.02. The second-order valence-corrected chi connectivity index (χ2v) is 4.95. The van der Waals surface area contributed by atoms with E-state index < -0.39 is 0 Å². The molecule has 0 spiro atoms. The molecule has 1 aliphatic rings. The lowest BCUT2D eigenvalue weighted by molar-refractivity contribution is 0.571. The number of aryl methyl sites for hydroxylation is 1. The average molecular weight is 263 g/mol. The number of furan rings is 1. The summed E-state index contributed by atoms with van der Waals surface area (Å²) in [5, 5.41) is 2.47. The maximum atomic E-state index is 5.84. The van der Waals surface area contributed by atoms with Crippen molar-refractivity contribution in [2.45, 2.75) is 19.8 Å². The smallest absolute Gasteiger partial charge is 0.135 e. The zero-order chi connectivity index (χ0) is 10.4. The lowest BCUT2D eigenvalue weighted by Gasteiger charge is -1.98. The molecular formula is C13H11BrO. The van der Waals surface area contributed by atoms with Crippen LogP contribution in [0.5, 0.6) is 0 Å². The van der Waals surface area contributed by atoms with E-state index in [0.717, 1.165) is 23.8 Å². The van der Waals surface area contributed by atoms with E-state index in [9.17, 15) is 0 Å². The average Bonchev–Trinajstić information content (AvgIpc) is 2.56. The van der Waals surface area contributed by atoms with Gasteiger partial charge < -0.3 is 4.42 Å². The molecule has 0 unspecified atom stereocenters. The van der Waals surface area contributed by atoms with E-state index >= 15 is 0 Å². The first kappa shape index (κ1) is 9.22. The van der Waals surface area contributed by atoms with Gasteiger partial charge in [-0.1, -0.05) is 28.1 Å². The molecule has 0 atom stereocenters. The van der Waals surface area contributed by atoms with E-state index in [0.29, 0.717) is 0 Å². The number of hydrogen-bond acceptors (Lipinski definition) is 1. The second-order valence-electron chi connectivity index (χ2n) is 3.99. The van der Waals surface area contributed by atoms with Crippen LogP contribution in [-0.2, 0) is 0 Å². The van der Waals surface area contributed by atoms with Gasteiger partial charge in [-0.05, 0) is 37.5 Å². The minimum atomic E-state index is 0.995. The second kappa shape index (κ2) is 3.24. The Balaban J connectivity index is 2.59. The van der Waals surface area contributed by atoms with Crippen LogP contribution in [0.4, 0.5) is 0 Å². The number of fused-ring (bicyclic) bond motifs is 3. The first-order valence-corrected chi connectivity index (χ1v) is 5.93. The van der Waals surface area contributed by atoms with Crippen molar-refractivity contribution in [3.63, 3.8) is 0 Å². The molecule has 0 fully saturated rings. The lowest BCUT2D eigenvalue weighted by Crippen LogP contribution is -2.24. The summed E-state index contributed by atoms with van der Waals surface area (Å²) in [5.41, 5.74) is 3.26. The fourth-order valence-corrected chi connectivity index (χ4v) is 2.74. The van der Waals surface area contributed by atoms with Gasteiger partial charge in [0.05, 0.1) is 0 Å². The Morgan fingerprint density at radius 2 is 2.20 bits per heavy atom. The highest BCUT2D eigenvalue weighted by Gasteiger charge is 2.09. The van der Waals surface area contributed by atoms with Gasteiger partial charge in [-0.15, -0.1) is 0 Å². The number of hydrogen-bond donors (Lipinski definition) is 0. The van der Waals surface area contributed by atoms with Crippen LogP contribution in [0.3, 0.4) is 0 Å². The van der Waals surface area contributed by atoms with Gasteiger partial charge in [0, 0.05) is 15.1 Å². The van der Waals surface area contributed by atoms with Crippen LogP contribution >= 0.6 is 15.9 Å². The van der Waals surface area contributed by atoms with E-state index in [-0.39, 0.29) is 0 Å². The summed E-state index contributed by atoms with van der Waals surface area (Å²) in [6.07, 6.45) is 4.32. The molecule has 1 aromatic carbocycles. The van der Waals surface area contributed by atoms with E-state index in [2.05, 4.69) is 47.1 Å². The molecule has 0 radical (unpaired) electrons. The van der Waals surface area contributed by atoms with Crippen molar-refractivity contribution >= 4 is 37.5 Å². The van der Waals surface area contributed by atoms with Crippen LogP contribution in [-0.4, -0.2) is 0 Å². The Labute approximate surface area is 96.2 Å². The highest BCUT2D eigenvalue weighted by Crippen LogP contribution is 2.19. The maximum absolute atomic E-state index is 5.84. The summed E-state index contributed by atoms with van der Waals surface area (Å²) in [6.45, 7) is 2.09. The van der Waals surface area contributed by atoms with E-state index in [1.165, 1.54) is 20.7 Å². The van der Waals surface area contributed by atoms with Crippen LogP contribution in [0.1, 0.15) is 18.4 Å². The quantitative estimate of drug-likeness (QED) is 0.712. The van der Waals surface area contributed by atoms with Gasteiger partial charge in [0.15, 0.2) is 0 Å². The molecule has 76 valence electrons. The van der Waals surface area contributed by atoms with Crippen LogP contribution in [0, 0.1) is 6.92 Å². The highest BCUT2D eigenvalue weighted by molar-refractivity contribution is 9.14. The Morgan fingerprint density at radius 1 is 1.33 bits per heavy atom. The summed E-state index contributed by atoms with van der Waals surface area (Å²) < 4.78 is 7.10. The zero-order valence-electron chi connectivity index (χ0n) is 8.51. The largest absolute Gasteiger partial charge is 0.456 e. The van der Waals surface area contributed by atoms with Crippen molar-refractivity contribution in [1.29, 1.82) is 0 Å². The molecule has 2 heteroatoms. The van der Waals surface area contributed by atoms with Gasteiger partial charge in [-0.3, -0.25) is 0 Å². The fourth-order valence-electron chi connectivity index (χ4n) is 2.10. The molecule has 1 heterocycles. The third-order valence-electron chi connectivity index (χ3n) is 2.84. The fraction of sp³-hybridized carbons (Fsp3) is 0.231. The maximum Gasteiger partial charge on any atom is 0.135 e. The van der Waals surface area contributed by atoms with Crippen molar-refractivity contribution in [2.24, 2.45) is 0 Å². The molecule has 1 aromatic heterocycles. The lowest BCUT2D eigenvalue weighted by atomic mass is 10.1. The number of rotatable bonds is 0. The molecular weight excluding hydrogens is 252 g/mol. The number of halogens is 1. The highest BCUT2D eigenvalue weighted by atomic mass is 79.9. The molecule has 15 heavy (non-hydrogen) atoms. The molecule has 0 aliphatic heterocycles. The van der Waals surface area contributed by atoms with Crippen LogP contribution < -0.4 is 10.6 Å². The zero-order valence-corrected chi connectivity index (χ0v) is 10.1. The predicted octanol–water partition coefficient (Wildman–Crippen LogP) is 2.82. The summed E-state index contributed by atoms with van der Waals surface area (Å²) in [7, 11) is 0.